The van der Waals surface area contributed by atoms with E-state index in [-0.39, 0.29) is 22.5 Å². The number of hydrogen-bond acceptors (Lipinski definition) is 5. The summed E-state index contributed by atoms with van der Waals surface area (Å²) in [7, 11) is 0. The monoisotopic (exact) mass is 457 g/mol. The fourth-order valence-electron chi connectivity index (χ4n) is 3.20. The smallest absolute Gasteiger partial charge is 0.276 e. The molecule has 2 aromatic heterocycles. The lowest BCUT2D eigenvalue weighted by Crippen LogP contribution is -2.32. The molecule has 9 heteroatoms. The lowest BCUT2D eigenvalue weighted by molar-refractivity contribution is -0.116. The van der Waals surface area contributed by atoms with E-state index < -0.39 is 17.2 Å². The van der Waals surface area contributed by atoms with Gasteiger partial charge in [-0.05, 0) is 42.6 Å². The number of rotatable bonds is 6. The number of carbonyl (C=O) groups is 1. The van der Waals surface area contributed by atoms with Crippen molar-refractivity contribution in [3.05, 3.63) is 82.0 Å². The number of anilines is 1. The third-order valence-electron chi connectivity index (χ3n) is 4.56. The molecule has 1 amide bonds. The Morgan fingerprint density at radius 2 is 1.84 bits per heavy atom. The molecule has 2 aromatic carbocycles. The first-order valence-corrected chi connectivity index (χ1v) is 11.3. The molecule has 0 aliphatic carbocycles. The molecule has 5 nitrogen and oxygen atoms in total. The summed E-state index contributed by atoms with van der Waals surface area (Å²) < 4.78 is 29.2. The quantitative estimate of drug-likeness (QED) is 0.306. The number of para-hydroxylation sites is 1. The maximum atomic E-state index is 13.8. The number of fused-ring (bicyclic) bond motifs is 1. The summed E-state index contributed by atoms with van der Waals surface area (Å²) >= 11 is 2.26. The first kappa shape index (κ1) is 21.2. The average Bonchev–Trinajstić information content (AvgIpc) is 3.22. The fourth-order valence-corrected chi connectivity index (χ4v) is 4.85. The number of amides is 1. The Kier molecular flexibility index (Phi) is 6.15. The molecule has 158 valence electrons. The van der Waals surface area contributed by atoms with E-state index in [1.807, 2.05) is 37.3 Å². The summed E-state index contributed by atoms with van der Waals surface area (Å²) in [6, 6.07) is 13.8. The molecule has 0 radical (unpaired) electrons. The predicted molar refractivity (Wildman–Crippen MR) is 120 cm³/mol. The molecule has 0 saturated heterocycles. The number of nitrogens with zero attached hydrogens (tertiary/aromatic N) is 3. The van der Waals surface area contributed by atoms with Gasteiger partial charge in [0.1, 0.15) is 16.3 Å². The number of thiophene rings is 1. The van der Waals surface area contributed by atoms with Gasteiger partial charge in [0.2, 0.25) is 5.91 Å². The van der Waals surface area contributed by atoms with Gasteiger partial charge in [0.25, 0.3) is 5.56 Å². The topological polar surface area (TPSA) is 55.2 Å². The lowest BCUT2D eigenvalue weighted by atomic mass is 10.3. The first-order chi connectivity index (χ1) is 15.0. The van der Waals surface area contributed by atoms with Crippen molar-refractivity contribution in [2.45, 2.75) is 12.1 Å². The van der Waals surface area contributed by atoms with Crippen molar-refractivity contribution in [1.29, 1.82) is 0 Å². The average molecular weight is 458 g/mol. The van der Waals surface area contributed by atoms with E-state index in [1.165, 1.54) is 11.3 Å². The number of aromatic nitrogens is 2. The van der Waals surface area contributed by atoms with Crippen molar-refractivity contribution in [1.82, 2.24) is 9.55 Å². The van der Waals surface area contributed by atoms with Gasteiger partial charge in [-0.3, -0.25) is 14.2 Å². The number of thioether (sulfide) groups is 1. The summed E-state index contributed by atoms with van der Waals surface area (Å²) in [5.41, 5.74) is 0.834. The maximum absolute atomic E-state index is 13.8. The Hall–Kier alpha value is -3.04. The van der Waals surface area contributed by atoms with E-state index >= 15 is 0 Å². The van der Waals surface area contributed by atoms with Crippen molar-refractivity contribution in [3.63, 3.8) is 0 Å². The molecule has 0 fully saturated rings. The SMILES string of the molecule is CCN(C(=O)CSc1nc2ccsc2c(=O)n1-c1cc(F)cc(F)c1)c1ccccc1. The summed E-state index contributed by atoms with van der Waals surface area (Å²) in [6.07, 6.45) is 0. The molecule has 4 rings (SSSR count). The Labute approximate surface area is 185 Å². The van der Waals surface area contributed by atoms with Crippen LogP contribution in [0.3, 0.4) is 0 Å². The standard InChI is InChI=1S/C22H17F2N3O2S2/c1-2-26(16-6-4-3-5-7-16)19(28)13-31-22-25-18-8-9-30-20(18)21(29)27(22)17-11-14(23)10-15(24)12-17/h3-12H,2,13H2,1H3. The van der Waals surface area contributed by atoms with Gasteiger partial charge in [0, 0.05) is 18.3 Å². The summed E-state index contributed by atoms with van der Waals surface area (Å²) in [6.45, 7) is 2.35. The highest BCUT2D eigenvalue weighted by Crippen LogP contribution is 2.25. The van der Waals surface area contributed by atoms with E-state index in [0.29, 0.717) is 16.8 Å². The van der Waals surface area contributed by atoms with Crippen LogP contribution in [0.2, 0.25) is 0 Å². The van der Waals surface area contributed by atoms with E-state index in [2.05, 4.69) is 4.98 Å². The van der Waals surface area contributed by atoms with E-state index in [4.69, 9.17) is 0 Å². The molecule has 0 aliphatic heterocycles. The third-order valence-corrected chi connectivity index (χ3v) is 6.38. The van der Waals surface area contributed by atoms with Gasteiger partial charge < -0.3 is 4.90 Å². The van der Waals surface area contributed by atoms with Gasteiger partial charge >= 0.3 is 0 Å². The lowest BCUT2D eigenvalue weighted by Gasteiger charge is -2.21. The van der Waals surface area contributed by atoms with Gasteiger partial charge in [-0.1, -0.05) is 30.0 Å². The van der Waals surface area contributed by atoms with Crippen LogP contribution in [0.1, 0.15) is 6.92 Å². The second-order valence-corrected chi connectivity index (χ2v) is 8.42. The van der Waals surface area contributed by atoms with Crippen LogP contribution in [-0.4, -0.2) is 27.8 Å². The van der Waals surface area contributed by atoms with Gasteiger partial charge in [0.05, 0.1) is 17.0 Å². The maximum Gasteiger partial charge on any atom is 0.276 e. The number of carbonyl (C=O) groups excluding carboxylic acids is 1. The molecule has 0 bridgehead atoms. The van der Waals surface area contributed by atoms with Crippen LogP contribution < -0.4 is 10.5 Å². The highest BCUT2D eigenvalue weighted by molar-refractivity contribution is 7.99. The largest absolute Gasteiger partial charge is 0.312 e. The minimum Gasteiger partial charge on any atom is -0.312 e. The van der Waals surface area contributed by atoms with Crippen LogP contribution >= 0.6 is 23.1 Å². The molecule has 0 spiro atoms. The van der Waals surface area contributed by atoms with E-state index in [9.17, 15) is 18.4 Å². The van der Waals surface area contributed by atoms with Gasteiger partial charge in [-0.25, -0.2) is 13.8 Å². The molecule has 0 saturated carbocycles. The van der Waals surface area contributed by atoms with Crippen LogP contribution in [0.25, 0.3) is 15.9 Å². The fraction of sp³-hybridized carbons (Fsp3) is 0.136. The number of halogens is 2. The van der Waals surface area contributed by atoms with E-state index in [0.717, 1.165) is 40.2 Å². The highest BCUT2D eigenvalue weighted by Gasteiger charge is 2.19. The summed E-state index contributed by atoms with van der Waals surface area (Å²) in [5, 5.41) is 1.92. The molecule has 2 heterocycles. The molecule has 4 aromatic rings. The van der Waals surface area contributed by atoms with Crippen molar-refractivity contribution in [2.24, 2.45) is 0 Å². The van der Waals surface area contributed by atoms with Crippen molar-refractivity contribution >= 4 is 44.9 Å². The molecule has 0 unspecified atom stereocenters. The summed E-state index contributed by atoms with van der Waals surface area (Å²) in [4.78, 5) is 32.1. The van der Waals surface area contributed by atoms with Crippen LogP contribution in [-0.2, 0) is 4.79 Å². The molecule has 0 N–H and O–H groups in total. The highest BCUT2D eigenvalue weighted by atomic mass is 32.2. The van der Waals surface area contributed by atoms with Crippen LogP contribution in [0, 0.1) is 11.6 Å². The van der Waals surface area contributed by atoms with Crippen molar-refractivity contribution < 1.29 is 13.6 Å². The molecule has 31 heavy (non-hydrogen) atoms. The van der Waals surface area contributed by atoms with Gasteiger partial charge in [0.15, 0.2) is 5.16 Å². The third kappa shape index (κ3) is 4.38. The Morgan fingerprint density at radius 1 is 1.13 bits per heavy atom. The summed E-state index contributed by atoms with van der Waals surface area (Å²) in [5.74, 6) is -1.78. The zero-order valence-electron chi connectivity index (χ0n) is 16.4. The molecular formula is C22H17F2N3O2S2. The minimum atomic E-state index is -0.804. The van der Waals surface area contributed by atoms with Crippen LogP contribution in [0.4, 0.5) is 14.5 Å². The zero-order chi connectivity index (χ0) is 22.0. The van der Waals surface area contributed by atoms with Crippen molar-refractivity contribution in [2.75, 3.05) is 17.2 Å². The minimum absolute atomic E-state index is 0.00260. The van der Waals surface area contributed by atoms with Crippen LogP contribution in [0.15, 0.2) is 69.9 Å². The zero-order valence-corrected chi connectivity index (χ0v) is 18.1. The normalized spacial score (nSPS) is 11.1. The van der Waals surface area contributed by atoms with Crippen LogP contribution in [0.5, 0.6) is 0 Å². The molecule has 0 atom stereocenters. The first-order valence-electron chi connectivity index (χ1n) is 9.43. The Balaban J connectivity index is 1.72. The molecule has 0 aliphatic rings. The van der Waals surface area contributed by atoms with E-state index in [1.54, 1.807) is 16.3 Å². The molecular weight excluding hydrogens is 440 g/mol. The second kappa shape index (κ2) is 8.99. The number of benzene rings is 2. The Bertz CT molecular complexity index is 1290. The van der Waals surface area contributed by atoms with Gasteiger partial charge in [-0.2, -0.15) is 0 Å². The predicted octanol–water partition coefficient (Wildman–Crippen LogP) is 4.87. The van der Waals surface area contributed by atoms with Gasteiger partial charge in [-0.15, -0.1) is 11.3 Å². The number of hydrogen-bond donors (Lipinski definition) is 0. The Morgan fingerprint density at radius 3 is 2.52 bits per heavy atom. The van der Waals surface area contributed by atoms with Crippen molar-refractivity contribution in [3.8, 4) is 5.69 Å². The second-order valence-electron chi connectivity index (χ2n) is 6.56.